The number of nitrogens with zero attached hydrogens (tertiary/aromatic N) is 1. The van der Waals surface area contributed by atoms with Crippen LogP contribution in [0.1, 0.15) is 17.4 Å². The quantitative estimate of drug-likeness (QED) is 0.822. The van der Waals surface area contributed by atoms with E-state index >= 15 is 0 Å². The molecule has 0 fully saturated rings. The van der Waals surface area contributed by atoms with E-state index in [-0.39, 0.29) is 5.92 Å². The molecule has 6 heteroatoms. The van der Waals surface area contributed by atoms with Crippen molar-refractivity contribution in [1.82, 2.24) is 4.98 Å². The summed E-state index contributed by atoms with van der Waals surface area (Å²) >= 11 is 1.38. The molecule has 1 aromatic carbocycles. The molecule has 0 unspecified atom stereocenters. The van der Waals surface area contributed by atoms with Gasteiger partial charge in [0, 0.05) is 17.5 Å². The van der Waals surface area contributed by atoms with E-state index in [0.29, 0.717) is 5.13 Å². The monoisotopic (exact) mass is 288 g/mol. The Balaban J connectivity index is 1.99. The molecule has 2 rings (SSSR count). The summed E-state index contributed by atoms with van der Waals surface area (Å²) in [4.78, 5) is 27.7. The summed E-state index contributed by atoms with van der Waals surface area (Å²) in [6.45, 7) is 1.39. The normalized spacial score (nSPS) is 10.5. The van der Waals surface area contributed by atoms with Crippen LogP contribution in [0.25, 0.3) is 0 Å². The number of hydrogen-bond acceptors (Lipinski definition) is 4. The summed E-state index contributed by atoms with van der Waals surface area (Å²) < 4.78 is 0. The average molecular weight is 288 g/mol. The lowest BCUT2D eigenvalue weighted by atomic mass is 10.1. The predicted octanol–water partition coefficient (Wildman–Crippen LogP) is 1.75. The Morgan fingerprint density at radius 3 is 2.65 bits per heavy atom. The Bertz CT molecular complexity index is 610. The molecule has 103 valence electrons. The van der Waals surface area contributed by atoms with E-state index in [0.717, 1.165) is 11.3 Å². The fourth-order valence-corrected chi connectivity index (χ4v) is 2.39. The Hall–Kier alpha value is -2.21. The largest absolute Gasteiger partial charge is 0.369 e. The number of aromatic nitrogens is 1. The molecule has 1 heterocycles. The number of benzene rings is 1. The SMILES string of the molecule is C[C](C(N)=O)C(=O)Nc1ncc(Cc2ccccc2)s1. The molecule has 2 aromatic rings. The maximum absolute atomic E-state index is 11.6. The van der Waals surface area contributed by atoms with E-state index in [4.69, 9.17) is 5.73 Å². The first-order valence-corrected chi connectivity index (χ1v) is 6.81. The molecule has 0 spiro atoms. The highest BCUT2D eigenvalue weighted by atomic mass is 32.1. The summed E-state index contributed by atoms with van der Waals surface area (Å²) in [7, 11) is 0. The molecule has 0 saturated heterocycles. The zero-order valence-electron chi connectivity index (χ0n) is 10.9. The maximum atomic E-state index is 11.6. The zero-order chi connectivity index (χ0) is 14.5. The Morgan fingerprint density at radius 1 is 1.30 bits per heavy atom. The number of thiazole rings is 1. The number of amides is 2. The summed E-state index contributed by atoms with van der Waals surface area (Å²) in [5.41, 5.74) is 6.22. The molecule has 1 radical (unpaired) electrons. The van der Waals surface area contributed by atoms with Crippen molar-refractivity contribution in [2.24, 2.45) is 5.73 Å². The second-order valence-electron chi connectivity index (χ2n) is 4.24. The summed E-state index contributed by atoms with van der Waals surface area (Å²) in [5.74, 6) is -1.29. The Morgan fingerprint density at radius 2 is 2.00 bits per heavy atom. The minimum absolute atomic E-state index is 0.0372. The first-order valence-electron chi connectivity index (χ1n) is 5.99. The topological polar surface area (TPSA) is 85.1 Å². The standard InChI is InChI=1S/C14H14N3O2S/c1-9(12(15)18)13(19)17-14-16-8-11(20-14)7-10-5-3-2-4-6-10/h2-6,8H,7H2,1H3,(H2,15,18)(H,16,17,19). The lowest BCUT2D eigenvalue weighted by molar-refractivity contribution is -0.122. The van der Waals surface area contributed by atoms with Crippen molar-refractivity contribution in [2.45, 2.75) is 13.3 Å². The van der Waals surface area contributed by atoms with Gasteiger partial charge >= 0.3 is 0 Å². The van der Waals surface area contributed by atoms with Crippen LogP contribution < -0.4 is 11.1 Å². The van der Waals surface area contributed by atoms with Crippen LogP contribution in [0.4, 0.5) is 5.13 Å². The van der Waals surface area contributed by atoms with Crippen molar-refractivity contribution >= 4 is 28.3 Å². The predicted molar refractivity (Wildman–Crippen MR) is 78.1 cm³/mol. The van der Waals surface area contributed by atoms with Gasteiger partial charge in [-0.05, 0) is 12.5 Å². The molecule has 0 saturated carbocycles. The number of anilines is 1. The van der Waals surface area contributed by atoms with Gasteiger partial charge in [-0.1, -0.05) is 30.3 Å². The third-order valence-corrected chi connectivity index (χ3v) is 3.62. The first kappa shape index (κ1) is 14.2. The van der Waals surface area contributed by atoms with Gasteiger partial charge in [0.05, 0.1) is 0 Å². The fourth-order valence-electron chi connectivity index (χ4n) is 1.55. The highest BCUT2D eigenvalue weighted by Gasteiger charge is 2.20. The molecular formula is C14H14N3O2S. The number of carbonyl (C=O) groups is 2. The van der Waals surface area contributed by atoms with Gasteiger partial charge in [0.2, 0.25) is 11.8 Å². The number of nitrogens with two attached hydrogens (primary N) is 1. The number of hydrogen-bond donors (Lipinski definition) is 2. The van der Waals surface area contributed by atoms with Crippen LogP contribution in [-0.2, 0) is 16.0 Å². The van der Waals surface area contributed by atoms with Crippen molar-refractivity contribution in [3.63, 3.8) is 0 Å². The van der Waals surface area contributed by atoms with Crippen molar-refractivity contribution in [3.8, 4) is 0 Å². The molecule has 0 aliphatic heterocycles. The fraction of sp³-hybridized carbons (Fsp3) is 0.143. The van der Waals surface area contributed by atoms with Crippen LogP contribution in [0, 0.1) is 5.92 Å². The van der Waals surface area contributed by atoms with Crippen LogP contribution >= 0.6 is 11.3 Å². The third kappa shape index (κ3) is 3.64. The van der Waals surface area contributed by atoms with Gasteiger partial charge in [-0.3, -0.25) is 9.59 Å². The zero-order valence-corrected chi connectivity index (χ0v) is 11.7. The second-order valence-corrected chi connectivity index (χ2v) is 5.35. The molecule has 5 nitrogen and oxygen atoms in total. The minimum Gasteiger partial charge on any atom is -0.369 e. The van der Waals surface area contributed by atoms with E-state index in [9.17, 15) is 9.59 Å². The molecular weight excluding hydrogens is 274 g/mol. The maximum Gasteiger partial charge on any atom is 0.243 e. The molecule has 20 heavy (non-hydrogen) atoms. The third-order valence-electron chi connectivity index (χ3n) is 2.71. The van der Waals surface area contributed by atoms with E-state index in [1.165, 1.54) is 23.8 Å². The highest BCUT2D eigenvalue weighted by molar-refractivity contribution is 7.15. The second kappa shape index (κ2) is 6.29. The lowest BCUT2D eigenvalue weighted by Crippen LogP contribution is -2.30. The number of nitrogens with one attached hydrogen (secondary N) is 1. The van der Waals surface area contributed by atoms with Crippen LogP contribution in [0.2, 0.25) is 0 Å². The van der Waals surface area contributed by atoms with Gasteiger partial charge in [0.25, 0.3) is 0 Å². The molecule has 0 aliphatic carbocycles. The van der Waals surface area contributed by atoms with Crippen molar-refractivity contribution in [3.05, 3.63) is 52.9 Å². The molecule has 1 aromatic heterocycles. The summed E-state index contributed by atoms with van der Waals surface area (Å²) in [6.07, 6.45) is 2.47. The van der Waals surface area contributed by atoms with Crippen LogP contribution in [0.15, 0.2) is 36.5 Å². The molecule has 3 N–H and O–H groups in total. The average Bonchev–Trinajstić information content (AvgIpc) is 2.86. The number of carbonyl (C=O) groups excluding carboxylic acids is 2. The molecule has 0 bridgehead atoms. The molecule has 2 amide bonds. The van der Waals surface area contributed by atoms with Gasteiger partial charge in [0.15, 0.2) is 5.13 Å². The molecule has 0 atom stereocenters. The van der Waals surface area contributed by atoms with E-state index in [1.807, 2.05) is 30.3 Å². The van der Waals surface area contributed by atoms with Crippen LogP contribution in [0.3, 0.4) is 0 Å². The smallest absolute Gasteiger partial charge is 0.243 e. The van der Waals surface area contributed by atoms with E-state index < -0.39 is 11.8 Å². The van der Waals surface area contributed by atoms with Gasteiger partial charge in [-0.15, -0.1) is 11.3 Å². The van der Waals surface area contributed by atoms with Crippen LogP contribution in [0.5, 0.6) is 0 Å². The van der Waals surface area contributed by atoms with E-state index in [2.05, 4.69) is 10.3 Å². The summed E-state index contributed by atoms with van der Waals surface area (Å²) in [6, 6.07) is 9.98. The van der Waals surface area contributed by atoms with Gasteiger partial charge < -0.3 is 11.1 Å². The molecule has 0 aliphatic rings. The van der Waals surface area contributed by atoms with E-state index in [1.54, 1.807) is 6.20 Å². The Kier molecular flexibility index (Phi) is 4.47. The lowest BCUT2D eigenvalue weighted by Gasteiger charge is -2.04. The summed E-state index contributed by atoms with van der Waals surface area (Å²) in [5, 5.41) is 3.02. The van der Waals surface area contributed by atoms with Crippen molar-refractivity contribution in [1.29, 1.82) is 0 Å². The van der Waals surface area contributed by atoms with Crippen molar-refractivity contribution in [2.75, 3.05) is 5.32 Å². The number of rotatable bonds is 5. The van der Waals surface area contributed by atoms with Crippen LogP contribution in [-0.4, -0.2) is 16.8 Å². The number of primary amides is 1. The Labute approximate surface area is 120 Å². The highest BCUT2D eigenvalue weighted by Crippen LogP contribution is 2.21. The van der Waals surface area contributed by atoms with Gasteiger partial charge in [-0.2, -0.15) is 0 Å². The minimum atomic E-state index is -0.733. The van der Waals surface area contributed by atoms with Gasteiger partial charge in [-0.25, -0.2) is 4.98 Å². The van der Waals surface area contributed by atoms with Crippen molar-refractivity contribution < 1.29 is 9.59 Å². The first-order chi connectivity index (χ1) is 9.56. The van der Waals surface area contributed by atoms with Gasteiger partial charge in [0.1, 0.15) is 5.92 Å².